The van der Waals surface area contributed by atoms with Crippen molar-refractivity contribution in [3.63, 3.8) is 0 Å². The summed E-state index contributed by atoms with van der Waals surface area (Å²) in [5.41, 5.74) is 0.897. The molecule has 0 aliphatic rings. The van der Waals surface area contributed by atoms with Crippen LogP contribution >= 0.6 is 46.1 Å². The molecule has 18 heavy (non-hydrogen) atoms. The number of aromatic nitrogens is 1. The minimum absolute atomic E-state index is 0.112. The number of benzene rings is 1. The first-order chi connectivity index (χ1) is 8.66. The third-order valence-corrected chi connectivity index (χ3v) is 5.50. The quantitative estimate of drug-likeness (QED) is 0.683. The van der Waals surface area contributed by atoms with Gasteiger partial charge in [0.05, 0.1) is 6.54 Å². The minimum Gasteiger partial charge on any atom is -0.267 e. The second-order valence-electron chi connectivity index (χ2n) is 3.78. The summed E-state index contributed by atoms with van der Waals surface area (Å²) in [5, 5.41) is 3.36. The second kappa shape index (κ2) is 4.70. The summed E-state index contributed by atoms with van der Waals surface area (Å²) in [5.74, 6) is 0. The molecule has 0 saturated carbocycles. The highest BCUT2D eigenvalue weighted by atomic mass is 35.5. The molecule has 0 fully saturated rings. The second-order valence-corrected chi connectivity index (χ2v) is 6.70. The number of nitrogens with zero attached hydrogens (tertiary/aromatic N) is 1. The van der Waals surface area contributed by atoms with Crippen molar-refractivity contribution in [1.29, 1.82) is 0 Å². The first-order valence-electron chi connectivity index (χ1n) is 5.17. The molecule has 2 nitrogen and oxygen atoms in total. The van der Waals surface area contributed by atoms with Crippen molar-refractivity contribution in [3.05, 3.63) is 54.9 Å². The van der Waals surface area contributed by atoms with E-state index >= 15 is 0 Å². The molecule has 3 aromatic rings. The van der Waals surface area contributed by atoms with Crippen molar-refractivity contribution in [1.82, 2.24) is 3.96 Å². The number of hydrogen-bond donors (Lipinski definition) is 0. The Morgan fingerprint density at radius 2 is 2.00 bits per heavy atom. The van der Waals surface area contributed by atoms with E-state index in [-0.39, 0.29) is 10.6 Å². The summed E-state index contributed by atoms with van der Waals surface area (Å²) >= 11 is 14.5. The lowest BCUT2D eigenvalue weighted by Gasteiger charge is -1.99. The van der Waals surface area contributed by atoms with Crippen LogP contribution in [-0.2, 0) is 6.54 Å². The maximum absolute atomic E-state index is 11.8. The smallest absolute Gasteiger partial charge is 0.267 e. The summed E-state index contributed by atoms with van der Waals surface area (Å²) in [6, 6.07) is 8.13. The number of fused-ring (bicyclic) bond motifs is 1. The van der Waals surface area contributed by atoms with Gasteiger partial charge in [0.15, 0.2) is 0 Å². The lowest BCUT2D eigenvalue weighted by atomic mass is 10.2. The van der Waals surface area contributed by atoms with E-state index in [9.17, 15) is 4.79 Å². The Balaban J connectivity index is 2.07. The Morgan fingerprint density at radius 1 is 1.22 bits per heavy atom. The Kier molecular flexibility index (Phi) is 3.20. The summed E-state index contributed by atoms with van der Waals surface area (Å²) in [4.78, 5) is 11.8. The van der Waals surface area contributed by atoms with Crippen molar-refractivity contribution in [3.8, 4) is 0 Å². The van der Waals surface area contributed by atoms with Gasteiger partial charge >= 0.3 is 0 Å². The zero-order valence-corrected chi connectivity index (χ0v) is 12.2. The summed E-state index contributed by atoms with van der Waals surface area (Å²) in [7, 11) is 0. The van der Waals surface area contributed by atoms with E-state index < -0.39 is 0 Å². The van der Waals surface area contributed by atoms with Crippen molar-refractivity contribution in [2.75, 3.05) is 0 Å². The van der Waals surface area contributed by atoms with Gasteiger partial charge in [0.1, 0.15) is 9.36 Å². The Morgan fingerprint density at radius 3 is 2.72 bits per heavy atom. The van der Waals surface area contributed by atoms with Crippen LogP contribution in [-0.4, -0.2) is 3.96 Å². The van der Waals surface area contributed by atoms with Gasteiger partial charge in [-0.1, -0.05) is 41.4 Å². The van der Waals surface area contributed by atoms with E-state index in [2.05, 4.69) is 17.5 Å². The number of halogens is 2. The molecule has 6 heteroatoms. The van der Waals surface area contributed by atoms with E-state index in [1.54, 1.807) is 15.3 Å². The van der Waals surface area contributed by atoms with Crippen LogP contribution in [0.15, 0.2) is 34.4 Å². The van der Waals surface area contributed by atoms with E-state index in [0.29, 0.717) is 10.9 Å². The topological polar surface area (TPSA) is 22.0 Å². The monoisotopic (exact) mass is 315 g/mol. The highest BCUT2D eigenvalue weighted by molar-refractivity contribution is 7.17. The van der Waals surface area contributed by atoms with Gasteiger partial charge < -0.3 is 0 Å². The van der Waals surface area contributed by atoms with Gasteiger partial charge in [0.25, 0.3) is 5.56 Å². The molecular formula is C12H7Cl2NOS2. The minimum atomic E-state index is -0.220. The van der Waals surface area contributed by atoms with Gasteiger partial charge in [-0.15, -0.1) is 11.3 Å². The van der Waals surface area contributed by atoms with Gasteiger partial charge in [-0.25, -0.2) is 0 Å². The Hall–Kier alpha value is -0.810. The Labute approximate surface area is 121 Å². The molecule has 2 aromatic heterocycles. The Bertz CT molecular complexity index is 772. The lowest BCUT2D eigenvalue weighted by Crippen LogP contribution is -2.13. The molecule has 0 N–H and O–H groups in total. The molecule has 0 aliphatic heterocycles. The number of hydrogen-bond acceptors (Lipinski definition) is 3. The average Bonchev–Trinajstić information content (AvgIpc) is 2.89. The van der Waals surface area contributed by atoms with Crippen molar-refractivity contribution < 1.29 is 0 Å². The molecule has 1 aromatic carbocycles. The van der Waals surface area contributed by atoms with Crippen molar-refractivity contribution in [2.45, 2.75) is 6.54 Å². The van der Waals surface area contributed by atoms with E-state index in [1.807, 2.05) is 12.1 Å². The predicted molar refractivity (Wildman–Crippen MR) is 79.5 cm³/mol. The van der Waals surface area contributed by atoms with Crippen LogP contribution in [0.5, 0.6) is 0 Å². The molecule has 0 spiro atoms. The average molecular weight is 316 g/mol. The molecule has 0 aliphatic carbocycles. The van der Waals surface area contributed by atoms with Gasteiger partial charge in [0.2, 0.25) is 0 Å². The van der Waals surface area contributed by atoms with E-state index in [4.69, 9.17) is 23.2 Å². The highest BCUT2D eigenvalue weighted by Crippen LogP contribution is 2.28. The first-order valence-corrected chi connectivity index (χ1v) is 7.58. The molecule has 0 atom stereocenters. The zero-order chi connectivity index (χ0) is 12.7. The third-order valence-electron chi connectivity index (χ3n) is 2.65. The number of thiophene rings is 1. The summed E-state index contributed by atoms with van der Waals surface area (Å²) in [6.07, 6.45) is 0. The van der Waals surface area contributed by atoms with Crippen LogP contribution in [0.2, 0.25) is 9.36 Å². The fourth-order valence-corrected chi connectivity index (χ4v) is 4.06. The largest absolute Gasteiger partial charge is 0.281 e. The third kappa shape index (κ3) is 1.99. The molecule has 0 saturated heterocycles. The molecule has 92 valence electrons. The van der Waals surface area contributed by atoms with E-state index in [1.165, 1.54) is 21.6 Å². The van der Waals surface area contributed by atoms with Crippen LogP contribution in [0, 0.1) is 0 Å². The maximum Gasteiger partial charge on any atom is 0.281 e. The molecule has 0 bridgehead atoms. The zero-order valence-electron chi connectivity index (χ0n) is 9.02. The maximum atomic E-state index is 11.8. The predicted octanol–water partition coefficient (Wildman–Crippen LogP) is 4.48. The van der Waals surface area contributed by atoms with Crippen LogP contribution < -0.4 is 5.56 Å². The summed E-state index contributed by atoms with van der Waals surface area (Å²) in [6.45, 7) is 0.514. The van der Waals surface area contributed by atoms with Gasteiger partial charge in [0, 0.05) is 4.70 Å². The fourth-order valence-electron chi connectivity index (χ4n) is 1.79. The van der Waals surface area contributed by atoms with Crippen molar-refractivity contribution in [2.24, 2.45) is 0 Å². The molecular weight excluding hydrogens is 309 g/mol. The van der Waals surface area contributed by atoms with Gasteiger partial charge in [-0.3, -0.25) is 8.75 Å². The fraction of sp³-hybridized carbons (Fsp3) is 0.0833. The standard InChI is InChI=1S/C12H7Cl2NOS2/c13-10-11(14)18-15(12(10)16)5-7-6-17-9-4-2-1-3-8(7)9/h1-4,6H,5H2. The molecule has 2 heterocycles. The van der Waals surface area contributed by atoms with E-state index in [0.717, 1.165) is 5.56 Å². The molecule has 0 amide bonds. The molecule has 0 unspecified atom stereocenters. The lowest BCUT2D eigenvalue weighted by molar-refractivity contribution is 0.858. The van der Waals surface area contributed by atoms with Crippen LogP contribution in [0.25, 0.3) is 10.1 Å². The summed E-state index contributed by atoms with van der Waals surface area (Å²) < 4.78 is 3.15. The highest BCUT2D eigenvalue weighted by Gasteiger charge is 2.12. The molecule has 0 radical (unpaired) electrons. The molecule has 3 rings (SSSR count). The van der Waals surface area contributed by atoms with Gasteiger partial charge in [-0.2, -0.15) is 0 Å². The van der Waals surface area contributed by atoms with Crippen LogP contribution in [0.1, 0.15) is 5.56 Å². The number of rotatable bonds is 2. The van der Waals surface area contributed by atoms with Crippen LogP contribution in [0.4, 0.5) is 0 Å². The van der Waals surface area contributed by atoms with Crippen LogP contribution in [0.3, 0.4) is 0 Å². The first kappa shape index (κ1) is 12.2. The normalized spacial score (nSPS) is 11.2. The van der Waals surface area contributed by atoms with Crippen molar-refractivity contribution >= 4 is 56.2 Å². The SMILES string of the molecule is O=c1c(Cl)c(Cl)sn1Cc1csc2ccccc12. The van der Waals surface area contributed by atoms with Gasteiger partial charge in [-0.05, 0) is 33.9 Å².